The van der Waals surface area contributed by atoms with Gasteiger partial charge in [-0.3, -0.25) is 0 Å². The first kappa shape index (κ1) is 18.2. The zero-order chi connectivity index (χ0) is 17.7. The molecule has 7 heteroatoms. The molecule has 1 N–H and O–H groups in total. The highest BCUT2D eigenvalue weighted by Gasteiger charge is 2.19. The molecule has 0 aliphatic carbocycles. The molecule has 126 valence electrons. The molecular formula is C17H15ClO5S. The highest BCUT2D eigenvalue weighted by atomic mass is 35.5. The Labute approximate surface area is 148 Å². The summed E-state index contributed by atoms with van der Waals surface area (Å²) in [5, 5.41) is 9.70. The number of ether oxygens (including phenoxy) is 2. The van der Waals surface area contributed by atoms with Gasteiger partial charge in [0.1, 0.15) is 0 Å². The molecule has 2 rings (SSSR count). The van der Waals surface area contributed by atoms with Crippen LogP contribution in [0.1, 0.15) is 26.3 Å². The first-order valence-corrected chi connectivity index (χ1v) is 8.64. The first-order chi connectivity index (χ1) is 11.5. The van der Waals surface area contributed by atoms with E-state index in [2.05, 4.69) is 0 Å². The number of esters is 1. The minimum Gasteiger partial charge on any atom is -0.493 e. The average molecular weight is 367 g/mol. The normalized spacial score (nSPS) is 10.3. The van der Waals surface area contributed by atoms with Gasteiger partial charge in [0.2, 0.25) is 0 Å². The Morgan fingerprint density at radius 1 is 1.17 bits per heavy atom. The zero-order valence-corrected chi connectivity index (χ0v) is 14.6. The van der Waals surface area contributed by atoms with Crippen LogP contribution in [0.5, 0.6) is 11.5 Å². The fourth-order valence-corrected chi connectivity index (χ4v) is 2.70. The highest BCUT2D eigenvalue weighted by molar-refractivity contribution is 7.97. The van der Waals surface area contributed by atoms with Gasteiger partial charge in [0.25, 0.3) is 0 Å². The lowest BCUT2D eigenvalue weighted by Gasteiger charge is -2.14. The van der Waals surface area contributed by atoms with Crippen molar-refractivity contribution in [2.75, 3.05) is 13.4 Å². The van der Waals surface area contributed by atoms with Crippen molar-refractivity contribution in [1.29, 1.82) is 0 Å². The largest absolute Gasteiger partial charge is 0.493 e. The molecule has 0 fully saturated rings. The number of carboxylic acid groups (broad SMARTS) is 1. The highest BCUT2D eigenvalue weighted by Crippen LogP contribution is 2.35. The summed E-state index contributed by atoms with van der Waals surface area (Å²) in [5.41, 5.74) is 0.975. The number of methoxy groups -OCH3 is 1. The number of carbonyl (C=O) groups excluding carboxylic acids is 1. The second-order valence-corrected chi connectivity index (χ2v) is 6.10. The van der Waals surface area contributed by atoms with E-state index in [0.717, 1.165) is 0 Å². The van der Waals surface area contributed by atoms with Gasteiger partial charge >= 0.3 is 11.9 Å². The predicted octanol–water partition coefficient (Wildman–Crippen LogP) is 4.13. The molecule has 2 aromatic rings. The summed E-state index contributed by atoms with van der Waals surface area (Å²) in [7, 11) is 1.39. The fraction of sp³-hybridized carbons (Fsp3) is 0.176. The quantitative estimate of drug-likeness (QED) is 0.612. The Hall–Kier alpha value is -2.18. The molecule has 0 aliphatic heterocycles. The van der Waals surface area contributed by atoms with Gasteiger partial charge in [-0.25, -0.2) is 9.59 Å². The third-order valence-electron chi connectivity index (χ3n) is 3.17. The lowest BCUT2D eigenvalue weighted by atomic mass is 10.1. The topological polar surface area (TPSA) is 72.8 Å². The van der Waals surface area contributed by atoms with Crippen LogP contribution < -0.4 is 9.47 Å². The fourth-order valence-electron chi connectivity index (χ4n) is 2.05. The Morgan fingerprint density at radius 2 is 1.83 bits per heavy atom. The van der Waals surface area contributed by atoms with E-state index in [0.29, 0.717) is 21.9 Å². The summed E-state index contributed by atoms with van der Waals surface area (Å²) in [6.45, 7) is 0. The predicted molar refractivity (Wildman–Crippen MR) is 93.6 cm³/mol. The number of carboxylic acids is 1. The van der Waals surface area contributed by atoms with Crippen LogP contribution in [0.4, 0.5) is 0 Å². The van der Waals surface area contributed by atoms with Gasteiger partial charge in [-0.1, -0.05) is 11.6 Å². The van der Waals surface area contributed by atoms with Crippen LogP contribution in [0.2, 0.25) is 5.02 Å². The second kappa shape index (κ2) is 8.08. The third-order valence-corrected chi connectivity index (χ3v) is 4.02. The summed E-state index contributed by atoms with van der Waals surface area (Å²) >= 11 is 7.28. The van der Waals surface area contributed by atoms with Crippen molar-refractivity contribution in [2.45, 2.75) is 5.75 Å². The van der Waals surface area contributed by atoms with Gasteiger partial charge in [0.05, 0.1) is 18.2 Å². The van der Waals surface area contributed by atoms with Crippen LogP contribution in [0.15, 0.2) is 36.4 Å². The minimum atomic E-state index is -1.08. The standard InChI is InChI=1S/C17H15ClO5S/c1-22-14-8-11(16(19)20)7-12(9-24-2)15(14)23-17(21)10-3-5-13(18)6-4-10/h3-8H,9H2,1-2H3,(H,19,20). The van der Waals surface area contributed by atoms with E-state index < -0.39 is 11.9 Å². The SMILES string of the molecule is COc1cc(C(=O)O)cc(CSC)c1OC(=O)c1ccc(Cl)cc1. The molecule has 0 spiro atoms. The van der Waals surface area contributed by atoms with Gasteiger partial charge in [-0.15, -0.1) is 0 Å². The van der Waals surface area contributed by atoms with Crippen molar-refractivity contribution in [2.24, 2.45) is 0 Å². The molecule has 0 saturated carbocycles. The van der Waals surface area contributed by atoms with Crippen LogP contribution >= 0.6 is 23.4 Å². The number of benzene rings is 2. The van der Waals surface area contributed by atoms with Crippen molar-refractivity contribution in [3.8, 4) is 11.5 Å². The zero-order valence-electron chi connectivity index (χ0n) is 13.0. The average Bonchev–Trinajstić information content (AvgIpc) is 2.56. The van der Waals surface area contributed by atoms with Crippen molar-refractivity contribution < 1.29 is 24.2 Å². The number of rotatable bonds is 6. The number of aromatic carboxylic acids is 1. The van der Waals surface area contributed by atoms with Crippen LogP contribution in [0.25, 0.3) is 0 Å². The molecule has 0 bridgehead atoms. The van der Waals surface area contributed by atoms with Crippen LogP contribution in [-0.4, -0.2) is 30.4 Å². The molecular weight excluding hydrogens is 352 g/mol. The molecule has 24 heavy (non-hydrogen) atoms. The number of halogens is 1. The van der Waals surface area contributed by atoms with E-state index in [1.807, 2.05) is 6.26 Å². The lowest BCUT2D eigenvalue weighted by Crippen LogP contribution is -2.11. The number of carbonyl (C=O) groups is 2. The Balaban J connectivity index is 2.41. The summed E-state index contributed by atoms with van der Waals surface area (Å²) in [5.74, 6) is -0.763. The van der Waals surface area contributed by atoms with Gasteiger partial charge in [-0.05, 0) is 42.7 Å². The summed E-state index contributed by atoms with van der Waals surface area (Å²) in [6.07, 6.45) is 1.87. The molecule has 0 saturated heterocycles. The maximum atomic E-state index is 12.3. The molecule has 0 amide bonds. The van der Waals surface area contributed by atoms with Crippen molar-refractivity contribution in [3.63, 3.8) is 0 Å². The Kier molecular flexibility index (Phi) is 6.11. The number of hydrogen-bond acceptors (Lipinski definition) is 5. The van der Waals surface area contributed by atoms with Crippen molar-refractivity contribution in [3.05, 3.63) is 58.1 Å². The van der Waals surface area contributed by atoms with Crippen molar-refractivity contribution in [1.82, 2.24) is 0 Å². The van der Waals surface area contributed by atoms with Gasteiger partial charge < -0.3 is 14.6 Å². The van der Waals surface area contributed by atoms with Gasteiger partial charge in [0.15, 0.2) is 11.5 Å². The minimum absolute atomic E-state index is 0.0715. The first-order valence-electron chi connectivity index (χ1n) is 6.87. The van der Waals surface area contributed by atoms with E-state index in [1.165, 1.54) is 31.0 Å². The van der Waals surface area contributed by atoms with Crippen LogP contribution in [0.3, 0.4) is 0 Å². The van der Waals surface area contributed by atoms with E-state index in [4.69, 9.17) is 21.1 Å². The summed E-state index contributed by atoms with van der Waals surface area (Å²) in [6, 6.07) is 9.09. The van der Waals surface area contributed by atoms with Crippen LogP contribution in [0, 0.1) is 0 Å². The van der Waals surface area contributed by atoms with Gasteiger partial charge in [0, 0.05) is 16.3 Å². The summed E-state index contributed by atoms with van der Waals surface area (Å²) < 4.78 is 10.7. The molecule has 0 aliphatic rings. The smallest absolute Gasteiger partial charge is 0.343 e. The molecule has 0 atom stereocenters. The van der Waals surface area contributed by atoms with E-state index >= 15 is 0 Å². The second-order valence-electron chi connectivity index (χ2n) is 4.80. The van der Waals surface area contributed by atoms with Crippen molar-refractivity contribution >= 4 is 35.3 Å². The summed E-state index contributed by atoms with van der Waals surface area (Å²) in [4.78, 5) is 23.6. The maximum absolute atomic E-state index is 12.3. The molecule has 0 aromatic heterocycles. The van der Waals surface area contributed by atoms with E-state index in [9.17, 15) is 14.7 Å². The number of thioether (sulfide) groups is 1. The van der Waals surface area contributed by atoms with E-state index in [1.54, 1.807) is 24.3 Å². The molecule has 2 aromatic carbocycles. The molecule has 0 unspecified atom stereocenters. The molecule has 0 heterocycles. The third kappa shape index (κ3) is 4.21. The maximum Gasteiger partial charge on any atom is 0.343 e. The molecule has 5 nitrogen and oxygen atoms in total. The van der Waals surface area contributed by atoms with Crippen LogP contribution in [-0.2, 0) is 5.75 Å². The molecule has 0 radical (unpaired) electrons. The lowest BCUT2D eigenvalue weighted by molar-refractivity contribution is 0.0696. The monoisotopic (exact) mass is 366 g/mol. The Bertz CT molecular complexity index is 758. The number of hydrogen-bond donors (Lipinski definition) is 1. The van der Waals surface area contributed by atoms with Gasteiger partial charge in [-0.2, -0.15) is 11.8 Å². The van der Waals surface area contributed by atoms with E-state index in [-0.39, 0.29) is 17.1 Å². The Morgan fingerprint density at radius 3 is 2.38 bits per heavy atom.